The maximum absolute atomic E-state index is 12.7. The molecule has 6 nitrogen and oxygen atoms in total. The highest BCUT2D eigenvalue weighted by molar-refractivity contribution is 5.91. The Kier molecular flexibility index (Phi) is 9.72. The van der Waals surface area contributed by atoms with Crippen LogP contribution in [-0.4, -0.2) is 43.4 Å². The van der Waals surface area contributed by atoms with Crippen LogP contribution in [0.5, 0.6) is 0 Å². The van der Waals surface area contributed by atoms with E-state index in [1.807, 2.05) is 41.5 Å². The van der Waals surface area contributed by atoms with Crippen molar-refractivity contribution in [1.29, 1.82) is 0 Å². The molecule has 176 valence electrons. The van der Waals surface area contributed by atoms with Gasteiger partial charge < -0.3 is 14.2 Å². The van der Waals surface area contributed by atoms with E-state index in [4.69, 9.17) is 4.74 Å². The minimum absolute atomic E-state index is 0.143. The second-order valence-corrected chi connectivity index (χ2v) is 8.78. The van der Waals surface area contributed by atoms with Crippen LogP contribution in [-0.2, 0) is 28.6 Å². The highest BCUT2D eigenvalue weighted by Gasteiger charge is 2.58. The number of esters is 3. The van der Waals surface area contributed by atoms with Gasteiger partial charge in [-0.05, 0) is 17.3 Å². The molecule has 0 saturated heterocycles. The van der Waals surface area contributed by atoms with Crippen LogP contribution in [0.15, 0.2) is 0 Å². The van der Waals surface area contributed by atoms with Crippen molar-refractivity contribution in [3.05, 3.63) is 0 Å². The molecule has 0 aromatic carbocycles. The van der Waals surface area contributed by atoms with Gasteiger partial charge in [0.05, 0.1) is 5.92 Å². The lowest BCUT2D eigenvalue weighted by Gasteiger charge is -2.35. The van der Waals surface area contributed by atoms with Crippen molar-refractivity contribution in [2.24, 2.45) is 16.7 Å². The van der Waals surface area contributed by atoms with E-state index in [-0.39, 0.29) is 5.41 Å². The molecule has 0 heterocycles. The topological polar surface area (TPSA) is 78.9 Å². The van der Waals surface area contributed by atoms with E-state index in [9.17, 15) is 36.3 Å². The normalized spacial score (nSPS) is 14.1. The molecule has 0 fully saturated rings. The Morgan fingerprint density at radius 1 is 0.833 bits per heavy atom. The Bertz CT molecular complexity index is 608. The molecule has 0 bridgehead atoms. The molecule has 0 aliphatic carbocycles. The summed E-state index contributed by atoms with van der Waals surface area (Å²) in [5.74, 6) is -9.31. The molecule has 0 aliphatic rings. The van der Waals surface area contributed by atoms with E-state index >= 15 is 0 Å². The minimum Gasteiger partial charge on any atom is -0.458 e. The van der Waals surface area contributed by atoms with Crippen LogP contribution in [0.1, 0.15) is 60.8 Å². The number of ether oxygens (including phenoxy) is 3. The molecule has 1 atom stereocenters. The summed E-state index contributed by atoms with van der Waals surface area (Å²) in [6, 6.07) is 0. The van der Waals surface area contributed by atoms with Crippen molar-refractivity contribution < 1.29 is 50.5 Å². The van der Waals surface area contributed by atoms with E-state index in [0.717, 1.165) is 6.42 Å². The Hall–Kier alpha value is -1.94. The van der Waals surface area contributed by atoms with Gasteiger partial charge >= 0.3 is 30.0 Å². The van der Waals surface area contributed by atoms with Crippen LogP contribution in [0.3, 0.4) is 0 Å². The van der Waals surface area contributed by atoms with E-state index in [1.54, 1.807) is 0 Å². The molecule has 0 aliphatic heterocycles. The maximum Gasteiger partial charge on any atom is 0.456 e. The quantitative estimate of drug-likeness (QED) is 0.210. The summed E-state index contributed by atoms with van der Waals surface area (Å²) in [6.07, 6.45) is -5.77. The van der Waals surface area contributed by atoms with Crippen LogP contribution in [0.25, 0.3) is 0 Å². The zero-order chi connectivity index (χ0) is 24.0. The number of hydrogen-bond acceptors (Lipinski definition) is 6. The third kappa shape index (κ3) is 9.71. The average Bonchev–Trinajstić information content (AvgIpc) is 2.56. The minimum atomic E-state index is -5.89. The average molecular weight is 448 g/mol. The lowest BCUT2D eigenvalue weighted by atomic mass is 9.70. The van der Waals surface area contributed by atoms with Gasteiger partial charge in [0.1, 0.15) is 6.42 Å². The Morgan fingerprint density at radius 2 is 1.33 bits per heavy atom. The molecule has 0 saturated carbocycles. The summed E-state index contributed by atoms with van der Waals surface area (Å²) in [4.78, 5) is 35.1. The highest BCUT2D eigenvalue weighted by Crippen LogP contribution is 2.38. The van der Waals surface area contributed by atoms with Gasteiger partial charge in [-0.25, -0.2) is 0 Å². The van der Waals surface area contributed by atoms with Gasteiger partial charge in [-0.1, -0.05) is 48.0 Å². The van der Waals surface area contributed by atoms with E-state index in [2.05, 4.69) is 9.47 Å². The van der Waals surface area contributed by atoms with E-state index in [0.29, 0.717) is 6.42 Å². The van der Waals surface area contributed by atoms with Crippen LogP contribution in [0.4, 0.5) is 22.0 Å². The largest absolute Gasteiger partial charge is 0.458 e. The predicted molar refractivity (Wildman–Crippen MR) is 95.3 cm³/mol. The number of carbonyl (C=O) groups is 3. The van der Waals surface area contributed by atoms with E-state index in [1.165, 1.54) is 0 Å². The van der Waals surface area contributed by atoms with Gasteiger partial charge in [0.25, 0.3) is 0 Å². The molecule has 0 aromatic heterocycles. The molecular formula is C19H29F5O6. The van der Waals surface area contributed by atoms with Gasteiger partial charge in [0.15, 0.2) is 6.61 Å². The lowest BCUT2D eigenvalue weighted by molar-refractivity contribution is -0.294. The van der Waals surface area contributed by atoms with E-state index < -0.39 is 61.2 Å². The fraction of sp³-hybridized carbons (Fsp3) is 0.842. The summed E-state index contributed by atoms with van der Waals surface area (Å²) in [5, 5.41) is 0. The zero-order valence-corrected chi connectivity index (χ0v) is 18.0. The first-order valence-corrected chi connectivity index (χ1v) is 9.25. The first-order valence-electron chi connectivity index (χ1n) is 9.25. The molecule has 0 rings (SSSR count). The third-order valence-corrected chi connectivity index (χ3v) is 4.58. The summed E-state index contributed by atoms with van der Waals surface area (Å²) in [7, 11) is 0. The number of halogens is 5. The van der Waals surface area contributed by atoms with Crippen molar-refractivity contribution >= 4 is 17.9 Å². The van der Waals surface area contributed by atoms with Gasteiger partial charge in [-0.15, -0.1) is 0 Å². The van der Waals surface area contributed by atoms with Crippen molar-refractivity contribution in [1.82, 2.24) is 0 Å². The summed E-state index contributed by atoms with van der Waals surface area (Å²) in [6.45, 7) is 8.44. The van der Waals surface area contributed by atoms with Crippen molar-refractivity contribution in [2.45, 2.75) is 72.9 Å². The van der Waals surface area contributed by atoms with Gasteiger partial charge in [-0.2, -0.15) is 22.0 Å². The highest BCUT2D eigenvalue weighted by atomic mass is 19.4. The third-order valence-electron chi connectivity index (χ3n) is 4.58. The first kappa shape index (κ1) is 28.1. The van der Waals surface area contributed by atoms with Crippen LogP contribution >= 0.6 is 0 Å². The Labute approximate surface area is 172 Å². The SMILES string of the molecule is CCC(C)(C)CC(C(=O)OCOC(=O)CC(=O)OCC(F)(F)C(F)(F)F)C(C)(C)C. The first-order chi connectivity index (χ1) is 13.3. The summed E-state index contributed by atoms with van der Waals surface area (Å²) in [5.41, 5.74) is -0.586. The van der Waals surface area contributed by atoms with Gasteiger partial charge in [-0.3, -0.25) is 14.4 Å². The maximum atomic E-state index is 12.7. The van der Waals surface area contributed by atoms with Crippen molar-refractivity contribution in [2.75, 3.05) is 13.4 Å². The predicted octanol–water partition coefficient (Wildman–Crippen LogP) is 4.65. The van der Waals surface area contributed by atoms with Gasteiger partial charge in [0.2, 0.25) is 6.79 Å². The van der Waals surface area contributed by atoms with Crippen LogP contribution in [0.2, 0.25) is 0 Å². The molecule has 0 spiro atoms. The smallest absolute Gasteiger partial charge is 0.456 e. The second-order valence-electron chi connectivity index (χ2n) is 8.78. The standard InChI is InChI=1S/C19H29F5O6/c1-7-17(5,6)9-12(16(2,3)4)15(27)30-11-29-14(26)8-13(25)28-10-18(20,21)19(22,23)24/h12H,7-11H2,1-6H3. The number of hydrogen-bond donors (Lipinski definition) is 0. The lowest BCUT2D eigenvalue weighted by Crippen LogP contribution is -2.41. The number of alkyl halides is 5. The Morgan fingerprint density at radius 3 is 1.77 bits per heavy atom. The number of rotatable bonds is 10. The monoisotopic (exact) mass is 448 g/mol. The second kappa shape index (κ2) is 10.4. The summed E-state index contributed by atoms with van der Waals surface area (Å²) >= 11 is 0. The molecule has 1 unspecified atom stereocenters. The molecular weight excluding hydrogens is 419 g/mol. The van der Waals surface area contributed by atoms with Crippen molar-refractivity contribution in [3.8, 4) is 0 Å². The molecule has 11 heteroatoms. The fourth-order valence-electron chi connectivity index (χ4n) is 2.17. The summed E-state index contributed by atoms with van der Waals surface area (Å²) < 4.78 is 74.5. The zero-order valence-electron chi connectivity index (χ0n) is 18.0. The fourth-order valence-corrected chi connectivity index (χ4v) is 2.17. The van der Waals surface area contributed by atoms with Crippen LogP contribution in [0, 0.1) is 16.7 Å². The number of carbonyl (C=O) groups excluding carboxylic acids is 3. The van der Waals surface area contributed by atoms with Gasteiger partial charge in [0, 0.05) is 0 Å². The molecule has 0 aromatic rings. The molecule has 0 radical (unpaired) electrons. The molecule has 30 heavy (non-hydrogen) atoms. The Balaban J connectivity index is 4.57. The van der Waals surface area contributed by atoms with Crippen LogP contribution < -0.4 is 0 Å². The van der Waals surface area contributed by atoms with Crippen molar-refractivity contribution in [3.63, 3.8) is 0 Å². The molecule has 0 amide bonds. The molecule has 0 N–H and O–H groups in total.